The summed E-state index contributed by atoms with van der Waals surface area (Å²) in [4.78, 5) is 12.3. The number of para-hydroxylation sites is 1. The molecule has 1 heterocycles. The van der Waals surface area contributed by atoms with E-state index in [2.05, 4.69) is 5.16 Å². The second kappa shape index (κ2) is 8.69. The number of methoxy groups -OCH3 is 2. The van der Waals surface area contributed by atoms with Crippen LogP contribution < -0.4 is 14.2 Å². The molecule has 0 spiro atoms. The molecule has 0 radical (unpaired) electrons. The number of nitrogens with zero attached hydrogens (tertiary/aromatic N) is 1. The molecule has 0 saturated heterocycles. The lowest BCUT2D eigenvalue weighted by Gasteiger charge is -2.06. The second-order valence-corrected chi connectivity index (χ2v) is 6.77. The van der Waals surface area contributed by atoms with Gasteiger partial charge in [-0.15, -0.1) is 0 Å². The SMILES string of the molecule is COc1ccc(CC(=O)Oc2ccc3c(Cc4ccccc4OC)noc3c2)cc1. The van der Waals surface area contributed by atoms with Gasteiger partial charge in [0.05, 0.1) is 26.3 Å². The molecule has 0 saturated carbocycles. The van der Waals surface area contributed by atoms with E-state index in [4.69, 9.17) is 18.7 Å². The fourth-order valence-electron chi connectivity index (χ4n) is 3.27. The van der Waals surface area contributed by atoms with Gasteiger partial charge in [-0.1, -0.05) is 35.5 Å². The van der Waals surface area contributed by atoms with E-state index in [0.29, 0.717) is 17.8 Å². The summed E-state index contributed by atoms with van der Waals surface area (Å²) in [5, 5.41) is 5.06. The average molecular weight is 403 g/mol. The zero-order valence-corrected chi connectivity index (χ0v) is 16.8. The molecule has 30 heavy (non-hydrogen) atoms. The lowest BCUT2D eigenvalue weighted by atomic mass is 10.1. The van der Waals surface area contributed by atoms with Crippen molar-refractivity contribution in [3.8, 4) is 17.2 Å². The number of fused-ring (bicyclic) bond motifs is 1. The highest BCUT2D eigenvalue weighted by Crippen LogP contribution is 2.28. The number of hydrogen-bond donors (Lipinski definition) is 0. The molecular formula is C24H21NO5. The fraction of sp³-hybridized carbons (Fsp3) is 0.167. The summed E-state index contributed by atoms with van der Waals surface area (Å²) in [6.07, 6.45) is 0.741. The third-order valence-electron chi connectivity index (χ3n) is 4.81. The van der Waals surface area contributed by atoms with Gasteiger partial charge in [0.1, 0.15) is 17.2 Å². The molecular weight excluding hydrogens is 382 g/mol. The second-order valence-electron chi connectivity index (χ2n) is 6.77. The standard InChI is InChI=1S/C24H21NO5/c1-27-18-9-7-16(8-10-18)13-24(26)29-19-11-12-20-21(25-30-23(20)15-19)14-17-5-3-4-6-22(17)28-2/h3-12,15H,13-14H2,1-2H3. The van der Waals surface area contributed by atoms with Crippen molar-refractivity contribution in [2.24, 2.45) is 0 Å². The number of rotatable bonds is 7. The molecule has 0 aliphatic heterocycles. The van der Waals surface area contributed by atoms with Gasteiger partial charge in [0, 0.05) is 23.4 Å². The first kappa shape index (κ1) is 19.5. The van der Waals surface area contributed by atoms with E-state index in [1.165, 1.54) is 0 Å². The molecule has 0 aliphatic carbocycles. The van der Waals surface area contributed by atoms with Crippen LogP contribution in [0.5, 0.6) is 17.2 Å². The molecule has 6 heteroatoms. The first-order valence-corrected chi connectivity index (χ1v) is 9.50. The summed E-state index contributed by atoms with van der Waals surface area (Å²) in [5.74, 6) is 1.61. The van der Waals surface area contributed by atoms with E-state index in [1.807, 2.05) is 54.6 Å². The Morgan fingerprint density at radius 3 is 2.47 bits per heavy atom. The normalized spacial score (nSPS) is 10.7. The van der Waals surface area contributed by atoms with Gasteiger partial charge in [-0.05, 0) is 35.9 Å². The first-order chi connectivity index (χ1) is 14.7. The summed E-state index contributed by atoms with van der Waals surface area (Å²) in [5.41, 5.74) is 3.23. The Labute approximate surface area is 174 Å². The van der Waals surface area contributed by atoms with Gasteiger partial charge in [-0.2, -0.15) is 0 Å². The Hall–Kier alpha value is -3.80. The zero-order chi connectivity index (χ0) is 20.9. The predicted molar refractivity (Wildman–Crippen MR) is 112 cm³/mol. The van der Waals surface area contributed by atoms with Crippen LogP contribution in [0.15, 0.2) is 71.3 Å². The Bertz CT molecular complexity index is 1160. The predicted octanol–water partition coefficient (Wildman–Crippen LogP) is 4.58. The van der Waals surface area contributed by atoms with Crippen LogP contribution in [0, 0.1) is 0 Å². The largest absolute Gasteiger partial charge is 0.497 e. The number of carbonyl (C=O) groups is 1. The smallest absolute Gasteiger partial charge is 0.315 e. The van der Waals surface area contributed by atoms with Gasteiger partial charge in [0.25, 0.3) is 0 Å². The van der Waals surface area contributed by atoms with E-state index in [1.54, 1.807) is 26.4 Å². The fourth-order valence-corrected chi connectivity index (χ4v) is 3.27. The number of hydrogen-bond acceptors (Lipinski definition) is 6. The zero-order valence-electron chi connectivity index (χ0n) is 16.8. The van der Waals surface area contributed by atoms with Crippen molar-refractivity contribution in [3.05, 3.63) is 83.6 Å². The molecule has 3 aromatic carbocycles. The third kappa shape index (κ3) is 4.27. The summed E-state index contributed by atoms with van der Waals surface area (Å²) >= 11 is 0. The first-order valence-electron chi connectivity index (χ1n) is 9.50. The molecule has 0 fully saturated rings. The van der Waals surface area contributed by atoms with Crippen molar-refractivity contribution >= 4 is 16.9 Å². The number of benzene rings is 3. The third-order valence-corrected chi connectivity index (χ3v) is 4.81. The highest BCUT2D eigenvalue weighted by Gasteiger charge is 2.14. The average Bonchev–Trinajstić information content (AvgIpc) is 3.16. The van der Waals surface area contributed by atoms with Crippen LogP contribution in [0.4, 0.5) is 0 Å². The van der Waals surface area contributed by atoms with E-state index in [9.17, 15) is 4.79 Å². The molecule has 0 N–H and O–H groups in total. The number of esters is 1. The minimum atomic E-state index is -0.353. The minimum Gasteiger partial charge on any atom is -0.497 e. The van der Waals surface area contributed by atoms with Gasteiger partial charge >= 0.3 is 5.97 Å². The highest BCUT2D eigenvalue weighted by atomic mass is 16.5. The number of aromatic nitrogens is 1. The van der Waals surface area contributed by atoms with Crippen molar-refractivity contribution in [2.75, 3.05) is 14.2 Å². The van der Waals surface area contributed by atoms with Crippen molar-refractivity contribution < 1.29 is 23.5 Å². The van der Waals surface area contributed by atoms with Gasteiger partial charge in [-0.25, -0.2) is 0 Å². The molecule has 1 aromatic heterocycles. The molecule has 0 atom stereocenters. The van der Waals surface area contributed by atoms with Gasteiger partial charge in [-0.3, -0.25) is 4.79 Å². The molecule has 6 nitrogen and oxygen atoms in total. The van der Waals surface area contributed by atoms with Crippen LogP contribution in [-0.2, 0) is 17.6 Å². The van der Waals surface area contributed by atoms with Gasteiger partial charge in [0.2, 0.25) is 0 Å². The molecule has 4 rings (SSSR count). The van der Waals surface area contributed by atoms with Crippen LogP contribution >= 0.6 is 0 Å². The summed E-state index contributed by atoms with van der Waals surface area (Å²) in [6.45, 7) is 0. The molecule has 0 aliphatic rings. The van der Waals surface area contributed by atoms with Crippen molar-refractivity contribution in [3.63, 3.8) is 0 Å². The van der Waals surface area contributed by atoms with Gasteiger partial charge in [0.15, 0.2) is 5.58 Å². The van der Waals surface area contributed by atoms with Crippen LogP contribution in [0.3, 0.4) is 0 Å². The van der Waals surface area contributed by atoms with E-state index in [0.717, 1.165) is 33.7 Å². The maximum atomic E-state index is 12.3. The van der Waals surface area contributed by atoms with Crippen molar-refractivity contribution in [1.29, 1.82) is 0 Å². The molecule has 4 aromatic rings. The van der Waals surface area contributed by atoms with Crippen molar-refractivity contribution in [2.45, 2.75) is 12.8 Å². The minimum absolute atomic E-state index is 0.164. The quantitative estimate of drug-likeness (QED) is 0.332. The van der Waals surface area contributed by atoms with Crippen LogP contribution in [0.25, 0.3) is 11.0 Å². The summed E-state index contributed by atoms with van der Waals surface area (Å²) in [7, 11) is 3.25. The Morgan fingerprint density at radius 1 is 0.933 bits per heavy atom. The van der Waals surface area contributed by atoms with E-state index in [-0.39, 0.29) is 12.4 Å². The highest BCUT2D eigenvalue weighted by molar-refractivity contribution is 5.83. The Morgan fingerprint density at radius 2 is 1.70 bits per heavy atom. The molecule has 0 unspecified atom stereocenters. The maximum Gasteiger partial charge on any atom is 0.315 e. The van der Waals surface area contributed by atoms with Crippen LogP contribution in [0.1, 0.15) is 16.8 Å². The lowest BCUT2D eigenvalue weighted by Crippen LogP contribution is -2.11. The molecule has 0 amide bonds. The van der Waals surface area contributed by atoms with Gasteiger partial charge < -0.3 is 18.7 Å². The monoisotopic (exact) mass is 403 g/mol. The Kier molecular flexibility index (Phi) is 5.66. The summed E-state index contributed by atoms with van der Waals surface area (Å²) < 4.78 is 21.5. The molecule has 152 valence electrons. The molecule has 0 bridgehead atoms. The van der Waals surface area contributed by atoms with E-state index < -0.39 is 0 Å². The van der Waals surface area contributed by atoms with Crippen LogP contribution in [0.2, 0.25) is 0 Å². The summed E-state index contributed by atoms with van der Waals surface area (Å²) in [6, 6.07) is 20.4. The topological polar surface area (TPSA) is 70.8 Å². The number of ether oxygens (including phenoxy) is 3. The maximum absolute atomic E-state index is 12.3. The van der Waals surface area contributed by atoms with Crippen molar-refractivity contribution in [1.82, 2.24) is 5.16 Å². The lowest BCUT2D eigenvalue weighted by molar-refractivity contribution is -0.133. The Balaban J connectivity index is 1.46. The van der Waals surface area contributed by atoms with E-state index >= 15 is 0 Å². The number of carbonyl (C=O) groups excluding carboxylic acids is 1. The van der Waals surface area contributed by atoms with Crippen LogP contribution in [-0.4, -0.2) is 25.3 Å².